The number of hydrogen-bond donors (Lipinski definition) is 0. The maximum absolute atomic E-state index is 12.5. The minimum Gasteiger partial charge on any atom is -0.296 e. The van der Waals surface area contributed by atoms with Crippen molar-refractivity contribution in [3.8, 4) is 0 Å². The zero-order valence-corrected chi connectivity index (χ0v) is 15.2. The topological polar surface area (TPSA) is 40.6 Å². The number of benzene rings is 1. The maximum atomic E-state index is 12.5. The van der Waals surface area contributed by atoms with Gasteiger partial charge in [-0.15, -0.1) is 11.3 Å². The van der Waals surface area contributed by atoms with Gasteiger partial charge in [0, 0.05) is 32.7 Å². The van der Waals surface area contributed by atoms with Crippen molar-refractivity contribution in [3.05, 3.63) is 52.4 Å². The Balaban J connectivity index is 1.62. The number of piperazine rings is 1. The smallest absolute Gasteiger partial charge is 0.252 e. The second kappa shape index (κ2) is 6.73. The SMILES string of the molecule is Cc1cc(C)cc(CN2CCN(S(=O)(=O)c3cccs3)CC2)c1. The second-order valence-electron chi connectivity index (χ2n) is 6.11. The van der Waals surface area contributed by atoms with Crippen LogP contribution in [0.1, 0.15) is 16.7 Å². The van der Waals surface area contributed by atoms with E-state index in [-0.39, 0.29) is 0 Å². The van der Waals surface area contributed by atoms with Crippen LogP contribution in [-0.4, -0.2) is 43.8 Å². The van der Waals surface area contributed by atoms with Crippen LogP contribution < -0.4 is 0 Å². The molecule has 0 unspecified atom stereocenters. The van der Waals surface area contributed by atoms with E-state index in [9.17, 15) is 8.42 Å². The third kappa shape index (κ3) is 3.83. The molecule has 1 aromatic heterocycles. The quantitative estimate of drug-likeness (QED) is 0.851. The number of aryl methyl sites for hydroxylation is 2. The van der Waals surface area contributed by atoms with Crippen molar-refractivity contribution < 1.29 is 8.42 Å². The Kier molecular flexibility index (Phi) is 4.87. The predicted molar refractivity (Wildman–Crippen MR) is 94.3 cm³/mol. The number of rotatable bonds is 4. The normalized spacial score (nSPS) is 17.5. The highest BCUT2D eigenvalue weighted by molar-refractivity contribution is 7.91. The van der Waals surface area contributed by atoms with Gasteiger partial charge in [-0.3, -0.25) is 4.90 Å². The largest absolute Gasteiger partial charge is 0.296 e. The van der Waals surface area contributed by atoms with E-state index in [1.807, 2.05) is 5.38 Å². The summed E-state index contributed by atoms with van der Waals surface area (Å²) in [5.74, 6) is 0. The van der Waals surface area contributed by atoms with Crippen LogP contribution in [0.15, 0.2) is 39.9 Å². The zero-order chi connectivity index (χ0) is 16.4. The van der Waals surface area contributed by atoms with Gasteiger partial charge in [-0.25, -0.2) is 8.42 Å². The van der Waals surface area contributed by atoms with Crippen LogP contribution in [0.4, 0.5) is 0 Å². The van der Waals surface area contributed by atoms with Crippen LogP contribution >= 0.6 is 11.3 Å². The number of sulfonamides is 1. The molecule has 1 aromatic carbocycles. The molecule has 0 bridgehead atoms. The Hall–Kier alpha value is -1.21. The van der Waals surface area contributed by atoms with E-state index in [0.717, 1.165) is 19.6 Å². The molecule has 1 saturated heterocycles. The summed E-state index contributed by atoms with van der Waals surface area (Å²) in [5, 5.41) is 1.81. The van der Waals surface area contributed by atoms with Crippen LogP contribution in [0.2, 0.25) is 0 Å². The minimum absolute atomic E-state index is 0.445. The van der Waals surface area contributed by atoms with Crippen molar-refractivity contribution in [2.24, 2.45) is 0 Å². The molecule has 4 nitrogen and oxygen atoms in total. The molecule has 0 N–H and O–H groups in total. The predicted octanol–water partition coefficient (Wildman–Crippen LogP) is 2.87. The third-order valence-electron chi connectivity index (χ3n) is 4.11. The Morgan fingerprint density at radius 3 is 2.26 bits per heavy atom. The summed E-state index contributed by atoms with van der Waals surface area (Å²) in [6.45, 7) is 7.78. The van der Waals surface area contributed by atoms with Crippen LogP contribution in [0.3, 0.4) is 0 Å². The van der Waals surface area contributed by atoms with Crippen molar-refractivity contribution in [1.82, 2.24) is 9.21 Å². The first-order valence-electron chi connectivity index (χ1n) is 7.78. The molecule has 2 heterocycles. The molecule has 0 aliphatic carbocycles. The van der Waals surface area contributed by atoms with Crippen molar-refractivity contribution in [2.45, 2.75) is 24.6 Å². The first-order valence-corrected chi connectivity index (χ1v) is 10.1. The van der Waals surface area contributed by atoms with Crippen molar-refractivity contribution in [2.75, 3.05) is 26.2 Å². The van der Waals surface area contributed by atoms with Crippen molar-refractivity contribution >= 4 is 21.4 Å². The van der Waals surface area contributed by atoms with Crippen LogP contribution in [0.5, 0.6) is 0 Å². The molecule has 2 aromatic rings. The molecule has 1 fully saturated rings. The van der Waals surface area contributed by atoms with E-state index in [4.69, 9.17) is 0 Å². The van der Waals surface area contributed by atoms with Crippen LogP contribution in [-0.2, 0) is 16.6 Å². The van der Waals surface area contributed by atoms with Crippen molar-refractivity contribution in [3.63, 3.8) is 0 Å². The Morgan fingerprint density at radius 1 is 1.04 bits per heavy atom. The lowest BCUT2D eigenvalue weighted by Gasteiger charge is -2.33. The second-order valence-corrected chi connectivity index (χ2v) is 9.22. The summed E-state index contributed by atoms with van der Waals surface area (Å²) < 4.78 is 27.1. The molecular weight excluding hydrogens is 328 g/mol. The average molecular weight is 351 g/mol. The fourth-order valence-electron chi connectivity index (χ4n) is 3.08. The van der Waals surface area contributed by atoms with Crippen molar-refractivity contribution in [1.29, 1.82) is 0 Å². The molecule has 1 aliphatic heterocycles. The highest BCUT2D eigenvalue weighted by atomic mass is 32.2. The van der Waals surface area contributed by atoms with Crippen LogP contribution in [0.25, 0.3) is 0 Å². The number of hydrogen-bond acceptors (Lipinski definition) is 4. The monoisotopic (exact) mass is 350 g/mol. The van der Waals surface area contributed by atoms with E-state index in [0.29, 0.717) is 17.3 Å². The van der Waals surface area contributed by atoms with Gasteiger partial charge in [0.25, 0.3) is 10.0 Å². The maximum Gasteiger partial charge on any atom is 0.252 e. The lowest BCUT2D eigenvalue weighted by atomic mass is 10.1. The van der Waals surface area contributed by atoms with Crippen LogP contribution in [0, 0.1) is 13.8 Å². The minimum atomic E-state index is -3.30. The van der Waals surface area contributed by atoms with Gasteiger partial charge in [0.15, 0.2) is 0 Å². The summed E-state index contributed by atoms with van der Waals surface area (Å²) in [5.41, 5.74) is 3.86. The molecule has 1 aliphatic rings. The van der Waals surface area contributed by atoms with E-state index < -0.39 is 10.0 Å². The highest BCUT2D eigenvalue weighted by Crippen LogP contribution is 2.22. The molecule has 124 valence electrons. The summed E-state index contributed by atoms with van der Waals surface area (Å²) in [6, 6.07) is 10.1. The summed E-state index contributed by atoms with van der Waals surface area (Å²) in [4.78, 5) is 2.33. The summed E-state index contributed by atoms with van der Waals surface area (Å²) in [7, 11) is -3.30. The van der Waals surface area contributed by atoms with Gasteiger partial charge in [-0.1, -0.05) is 35.4 Å². The highest BCUT2D eigenvalue weighted by Gasteiger charge is 2.29. The fraction of sp³-hybridized carbons (Fsp3) is 0.412. The molecule has 3 rings (SSSR count). The van der Waals surface area contributed by atoms with Gasteiger partial charge < -0.3 is 0 Å². The van der Waals surface area contributed by atoms with Gasteiger partial charge in [-0.05, 0) is 30.9 Å². The molecule has 23 heavy (non-hydrogen) atoms. The molecule has 0 atom stereocenters. The first kappa shape index (κ1) is 16.6. The Morgan fingerprint density at radius 2 is 1.70 bits per heavy atom. The van der Waals surface area contributed by atoms with Gasteiger partial charge >= 0.3 is 0 Å². The van der Waals surface area contributed by atoms with Gasteiger partial charge in [0.1, 0.15) is 4.21 Å². The van der Waals surface area contributed by atoms with E-state index in [1.54, 1.807) is 16.4 Å². The lowest BCUT2D eigenvalue weighted by molar-refractivity contribution is 0.181. The van der Waals surface area contributed by atoms with E-state index >= 15 is 0 Å². The molecule has 6 heteroatoms. The molecule has 0 radical (unpaired) electrons. The summed E-state index contributed by atoms with van der Waals surface area (Å²) in [6.07, 6.45) is 0. The van der Waals surface area contributed by atoms with Gasteiger partial charge in [0.05, 0.1) is 0 Å². The van der Waals surface area contributed by atoms with Gasteiger partial charge in [0.2, 0.25) is 0 Å². The lowest BCUT2D eigenvalue weighted by Crippen LogP contribution is -2.48. The average Bonchev–Trinajstić information content (AvgIpc) is 3.01. The first-order chi connectivity index (χ1) is 10.9. The molecule has 0 amide bonds. The van der Waals surface area contributed by atoms with E-state index in [1.165, 1.54) is 28.0 Å². The molecule has 0 saturated carbocycles. The van der Waals surface area contributed by atoms with E-state index in [2.05, 4.69) is 36.9 Å². The summed E-state index contributed by atoms with van der Waals surface area (Å²) >= 11 is 1.29. The molecular formula is C17H22N2O2S2. The fourth-order valence-corrected chi connectivity index (χ4v) is 5.65. The number of thiophene rings is 1. The number of nitrogens with zero attached hydrogens (tertiary/aromatic N) is 2. The Bertz CT molecular complexity index is 742. The van der Waals surface area contributed by atoms with Gasteiger partial charge in [-0.2, -0.15) is 4.31 Å². The zero-order valence-electron chi connectivity index (χ0n) is 13.5. The third-order valence-corrected chi connectivity index (χ3v) is 7.38. The molecule has 0 spiro atoms. The standard InChI is InChI=1S/C17H22N2O2S2/c1-14-10-15(2)12-16(11-14)13-18-5-7-19(8-6-18)23(20,21)17-4-3-9-22-17/h3-4,9-12H,5-8,13H2,1-2H3. The Labute approximate surface area is 142 Å².